The third kappa shape index (κ3) is 2.06. The Labute approximate surface area is 112 Å². The number of aromatic nitrogens is 1. The van der Waals surface area contributed by atoms with Gasteiger partial charge < -0.3 is 9.32 Å². The number of nitriles is 1. The fourth-order valence-electron chi connectivity index (χ4n) is 2.23. The maximum absolute atomic E-state index is 8.79. The zero-order valence-corrected chi connectivity index (χ0v) is 11.5. The van der Waals surface area contributed by atoms with E-state index in [-0.39, 0.29) is 11.3 Å². The van der Waals surface area contributed by atoms with Crippen LogP contribution < -0.4 is 4.90 Å². The fourth-order valence-corrected chi connectivity index (χ4v) is 2.23. The van der Waals surface area contributed by atoms with Crippen molar-refractivity contribution in [3.63, 3.8) is 0 Å². The van der Waals surface area contributed by atoms with Gasteiger partial charge in [-0.15, -0.1) is 0 Å². The van der Waals surface area contributed by atoms with Crippen molar-refractivity contribution in [1.82, 2.24) is 4.98 Å². The summed E-state index contributed by atoms with van der Waals surface area (Å²) in [6, 6.07) is 9.04. The van der Waals surface area contributed by atoms with Crippen LogP contribution in [-0.4, -0.2) is 18.1 Å². The fraction of sp³-hybridized carbons (Fsp3) is 0.467. The van der Waals surface area contributed by atoms with Crippen molar-refractivity contribution in [1.29, 1.82) is 5.26 Å². The number of rotatable bonds is 1. The minimum absolute atomic E-state index is 0.107. The molecule has 0 aliphatic carbocycles. The van der Waals surface area contributed by atoms with Gasteiger partial charge >= 0.3 is 0 Å². The van der Waals surface area contributed by atoms with Crippen LogP contribution in [0.5, 0.6) is 0 Å². The molecule has 0 radical (unpaired) electrons. The van der Waals surface area contributed by atoms with E-state index in [2.05, 4.69) is 44.0 Å². The van der Waals surface area contributed by atoms with Crippen molar-refractivity contribution in [2.75, 3.05) is 18.0 Å². The summed E-state index contributed by atoms with van der Waals surface area (Å²) in [4.78, 5) is 6.53. The van der Waals surface area contributed by atoms with E-state index in [9.17, 15) is 0 Å². The van der Waals surface area contributed by atoms with E-state index >= 15 is 0 Å². The van der Waals surface area contributed by atoms with Crippen LogP contribution >= 0.6 is 0 Å². The molecule has 0 bridgehead atoms. The summed E-state index contributed by atoms with van der Waals surface area (Å²) < 4.78 is 5.74. The number of benzene rings is 1. The summed E-state index contributed by atoms with van der Waals surface area (Å²) in [6.45, 7) is 7.98. The van der Waals surface area contributed by atoms with Gasteiger partial charge in [-0.2, -0.15) is 10.2 Å². The minimum Gasteiger partial charge on any atom is -0.423 e. The minimum atomic E-state index is 0.107. The Morgan fingerprint density at radius 3 is 2.74 bits per heavy atom. The number of nitrogens with zero attached hydrogens (tertiary/aromatic N) is 3. The van der Waals surface area contributed by atoms with Crippen LogP contribution in [0.2, 0.25) is 0 Å². The van der Waals surface area contributed by atoms with Crippen LogP contribution in [0.25, 0.3) is 11.1 Å². The molecule has 1 aliphatic rings. The molecule has 0 spiro atoms. The Morgan fingerprint density at radius 2 is 2.11 bits per heavy atom. The molecule has 1 fully saturated rings. The summed E-state index contributed by atoms with van der Waals surface area (Å²) in [7, 11) is 0. The van der Waals surface area contributed by atoms with Crippen molar-refractivity contribution >= 4 is 17.1 Å². The Hall–Kier alpha value is -2.02. The average Bonchev–Trinajstić information content (AvgIpc) is 2.68. The molecule has 1 aromatic carbocycles. The maximum atomic E-state index is 8.79. The van der Waals surface area contributed by atoms with Crippen molar-refractivity contribution < 1.29 is 4.42 Å². The van der Waals surface area contributed by atoms with E-state index in [1.807, 2.05) is 11.0 Å². The summed E-state index contributed by atoms with van der Waals surface area (Å²) in [6.07, 6.45) is 0. The third-order valence-electron chi connectivity index (χ3n) is 3.58. The predicted octanol–water partition coefficient (Wildman–Crippen LogP) is 3.09. The van der Waals surface area contributed by atoms with Crippen molar-refractivity contribution in [3.05, 3.63) is 23.8 Å². The van der Waals surface area contributed by atoms with E-state index in [1.54, 1.807) is 0 Å². The van der Waals surface area contributed by atoms with Crippen molar-refractivity contribution in [3.8, 4) is 6.07 Å². The second kappa shape index (κ2) is 3.99. The summed E-state index contributed by atoms with van der Waals surface area (Å²) in [5, 5.41) is 8.79. The van der Waals surface area contributed by atoms with Crippen molar-refractivity contribution in [2.24, 2.45) is 5.92 Å². The normalized spacial score (nSPS) is 16.4. The first-order valence-corrected chi connectivity index (χ1v) is 6.53. The molecule has 3 rings (SSSR count). The molecule has 2 heterocycles. The monoisotopic (exact) mass is 255 g/mol. The third-order valence-corrected chi connectivity index (χ3v) is 3.58. The Morgan fingerprint density at radius 1 is 1.37 bits per heavy atom. The SMILES string of the molecule is CC(C)(C)c1ccc2oc(N3CC(C#N)C3)nc2c1. The molecule has 0 unspecified atom stereocenters. The molecule has 4 nitrogen and oxygen atoms in total. The zero-order chi connectivity index (χ0) is 13.6. The first-order valence-electron chi connectivity index (χ1n) is 6.53. The molecule has 0 saturated carbocycles. The Bertz CT molecular complexity index is 654. The Kier molecular flexibility index (Phi) is 2.53. The molecule has 0 N–H and O–H groups in total. The lowest BCUT2D eigenvalue weighted by atomic mass is 9.87. The molecule has 4 heteroatoms. The lowest BCUT2D eigenvalue weighted by molar-refractivity contribution is 0.448. The number of anilines is 1. The quantitative estimate of drug-likeness (QED) is 0.785. The van der Waals surface area contributed by atoms with Crippen LogP contribution in [0.15, 0.2) is 22.6 Å². The van der Waals surface area contributed by atoms with Gasteiger partial charge in [-0.05, 0) is 23.1 Å². The first-order chi connectivity index (χ1) is 8.97. The molecular weight excluding hydrogens is 238 g/mol. The highest BCUT2D eigenvalue weighted by Crippen LogP contribution is 2.30. The van der Waals surface area contributed by atoms with Gasteiger partial charge in [0.05, 0.1) is 12.0 Å². The number of hydrogen-bond acceptors (Lipinski definition) is 4. The number of hydrogen-bond donors (Lipinski definition) is 0. The van der Waals surface area contributed by atoms with E-state index in [1.165, 1.54) is 5.56 Å². The molecule has 98 valence electrons. The molecule has 1 saturated heterocycles. The Balaban J connectivity index is 1.92. The molecule has 1 aromatic heterocycles. The lowest BCUT2D eigenvalue weighted by Crippen LogP contribution is -2.46. The number of oxazole rings is 1. The first kappa shape index (κ1) is 12.0. The van der Waals surface area contributed by atoms with Gasteiger partial charge in [0, 0.05) is 13.1 Å². The summed E-state index contributed by atoms with van der Waals surface area (Å²) in [5.74, 6) is 0.111. The molecule has 1 aliphatic heterocycles. The second-order valence-corrected chi connectivity index (χ2v) is 6.16. The average molecular weight is 255 g/mol. The highest BCUT2D eigenvalue weighted by atomic mass is 16.4. The van der Waals surface area contributed by atoms with Crippen LogP contribution in [0.1, 0.15) is 26.3 Å². The highest BCUT2D eigenvalue weighted by molar-refractivity contribution is 5.76. The van der Waals surface area contributed by atoms with Gasteiger partial charge in [0.1, 0.15) is 5.52 Å². The smallest absolute Gasteiger partial charge is 0.298 e. The standard InChI is InChI=1S/C15H17N3O/c1-15(2,3)11-4-5-13-12(6-11)17-14(19-13)18-8-10(7-16)9-18/h4-6,10H,8-9H2,1-3H3. The van der Waals surface area contributed by atoms with Crippen LogP contribution in [-0.2, 0) is 5.41 Å². The van der Waals surface area contributed by atoms with Gasteiger partial charge in [-0.25, -0.2) is 0 Å². The van der Waals surface area contributed by atoms with Gasteiger partial charge in [0.25, 0.3) is 6.01 Å². The number of fused-ring (bicyclic) bond motifs is 1. The molecular formula is C15H17N3O. The topological polar surface area (TPSA) is 53.1 Å². The maximum Gasteiger partial charge on any atom is 0.298 e. The van der Waals surface area contributed by atoms with E-state index in [0.29, 0.717) is 6.01 Å². The van der Waals surface area contributed by atoms with Gasteiger partial charge in [-0.3, -0.25) is 0 Å². The molecule has 0 amide bonds. The van der Waals surface area contributed by atoms with E-state index < -0.39 is 0 Å². The van der Waals surface area contributed by atoms with E-state index in [0.717, 1.165) is 24.2 Å². The molecule has 2 aromatic rings. The van der Waals surface area contributed by atoms with Gasteiger partial charge in [0.2, 0.25) is 0 Å². The summed E-state index contributed by atoms with van der Waals surface area (Å²) in [5.41, 5.74) is 3.06. The largest absolute Gasteiger partial charge is 0.423 e. The lowest BCUT2D eigenvalue weighted by Gasteiger charge is -2.33. The molecule has 0 atom stereocenters. The van der Waals surface area contributed by atoms with Crippen molar-refractivity contribution in [2.45, 2.75) is 26.2 Å². The van der Waals surface area contributed by atoms with Crippen LogP contribution in [0.3, 0.4) is 0 Å². The predicted molar refractivity (Wildman–Crippen MR) is 74.0 cm³/mol. The van der Waals surface area contributed by atoms with Gasteiger partial charge in [0.15, 0.2) is 5.58 Å². The second-order valence-electron chi connectivity index (χ2n) is 6.16. The highest BCUT2D eigenvalue weighted by Gasteiger charge is 2.30. The summed E-state index contributed by atoms with van der Waals surface area (Å²) >= 11 is 0. The van der Waals surface area contributed by atoms with Crippen LogP contribution in [0.4, 0.5) is 6.01 Å². The van der Waals surface area contributed by atoms with Crippen LogP contribution in [0, 0.1) is 17.2 Å². The van der Waals surface area contributed by atoms with Gasteiger partial charge in [-0.1, -0.05) is 26.8 Å². The zero-order valence-electron chi connectivity index (χ0n) is 11.5. The molecule has 19 heavy (non-hydrogen) atoms. The van der Waals surface area contributed by atoms with E-state index in [4.69, 9.17) is 9.68 Å².